The molecular formula is C23H34N4O6. The van der Waals surface area contributed by atoms with Gasteiger partial charge in [-0.05, 0) is 43.4 Å². The number of nitrogens with zero attached hydrogens (tertiary/aromatic N) is 1. The number of phenolic OH excluding ortho intramolecular Hbond substituents is 1. The Morgan fingerprint density at radius 1 is 1.15 bits per heavy atom. The van der Waals surface area contributed by atoms with Gasteiger partial charge in [0.05, 0.1) is 6.04 Å². The van der Waals surface area contributed by atoms with E-state index in [1.807, 2.05) is 13.8 Å². The maximum absolute atomic E-state index is 13.0. The van der Waals surface area contributed by atoms with E-state index in [-0.39, 0.29) is 18.1 Å². The van der Waals surface area contributed by atoms with E-state index in [1.54, 1.807) is 19.1 Å². The van der Waals surface area contributed by atoms with Crippen molar-refractivity contribution in [3.05, 3.63) is 29.8 Å². The highest BCUT2D eigenvalue weighted by molar-refractivity contribution is 5.94. The number of nitrogens with two attached hydrogens (primary N) is 1. The number of aliphatic carboxylic acids is 1. The summed E-state index contributed by atoms with van der Waals surface area (Å²) in [6.07, 6.45) is 1.74. The molecule has 0 bridgehead atoms. The van der Waals surface area contributed by atoms with Crippen LogP contribution < -0.4 is 16.4 Å². The van der Waals surface area contributed by atoms with Crippen molar-refractivity contribution in [3.8, 4) is 5.75 Å². The number of carboxylic acid groups (broad SMARTS) is 1. The first-order valence-corrected chi connectivity index (χ1v) is 11.2. The van der Waals surface area contributed by atoms with Crippen LogP contribution in [0.25, 0.3) is 0 Å². The zero-order chi connectivity index (χ0) is 24.7. The van der Waals surface area contributed by atoms with Crippen LogP contribution >= 0.6 is 0 Å². The van der Waals surface area contributed by atoms with E-state index >= 15 is 0 Å². The van der Waals surface area contributed by atoms with Crippen molar-refractivity contribution in [2.24, 2.45) is 11.7 Å². The molecule has 0 aliphatic carbocycles. The normalized spacial score (nSPS) is 19.3. The average molecular weight is 463 g/mol. The maximum Gasteiger partial charge on any atom is 0.326 e. The minimum absolute atomic E-state index is 0.0297. The SMILES string of the molecule is CCC(C)C(N)C(=O)NC(C)C(=O)N1CCCC1C(=O)NC(Cc1ccc(O)cc1)C(=O)O. The van der Waals surface area contributed by atoms with Gasteiger partial charge in [-0.3, -0.25) is 14.4 Å². The number of aromatic hydroxyl groups is 1. The summed E-state index contributed by atoms with van der Waals surface area (Å²) >= 11 is 0. The van der Waals surface area contributed by atoms with Gasteiger partial charge in [-0.2, -0.15) is 0 Å². The van der Waals surface area contributed by atoms with E-state index in [4.69, 9.17) is 5.73 Å². The predicted octanol–water partition coefficient (Wildman–Crippen LogP) is 0.373. The summed E-state index contributed by atoms with van der Waals surface area (Å²) in [6.45, 7) is 5.66. The Morgan fingerprint density at radius 2 is 1.79 bits per heavy atom. The minimum Gasteiger partial charge on any atom is -0.508 e. The smallest absolute Gasteiger partial charge is 0.326 e. The molecule has 10 nitrogen and oxygen atoms in total. The molecule has 3 amide bonds. The predicted molar refractivity (Wildman–Crippen MR) is 121 cm³/mol. The molecular weight excluding hydrogens is 428 g/mol. The van der Waals surface area contributed by atoms with Gasteiger partial charge in [0, 0.05) is 13.0 Å². The third kappa shape index (κ3) is 6.92. The fourth-order valence-corrected chi connectivity index (χ4v) is 3.77. The van der Waals surface area contributed by atoms with Crippen molar-refractivity contribution in [2.75, 3.05) is 6.54 Å². The molecule has 1 aromatic rings. The number of benzene rings is 1. The molecule has 1 aliphatic heterocycles. The van der Waals surface area contributed by atoms with Gasteiger partial charge in [0.2, 0.25) is 17.7 Å². The highest BCUT2D eigenvalue weighted by atomic mass is 16.4. The highest BCUT2D eigenvalue weighted by Crippen LogP contribution is 2.19. The lowest BCUT2D eigenvalue weighted by Gasteiger charge is -2.29. The zero-order valence-electron chi connectivity index (χ0n) is 19.3. The number of nitrogens with one attached hydrogen (secondary N) is 2. The van der Waals surface area contributed by atoms with Crippen LogP contribution in [0.5, 0.6) is 5.75 Å². The maximum atomic E-state index is 13.0. The summed E-state index contributed by atoms with van der Waals surface area (Å²) in [5.74, 6) is -2.58. The van der Waals surface area contributed by atoms with Crippen LogP contribution in [0.2, 0.25) is 0 Å². The topological polar surface area (TPSA) is 162 Å². The number of amides is 3. The van der Waals surface area contributed by atoms with E-state index < -0.39 is 47.9 Å². The number of hydrogen-bond donors (Lipinski definition) is 5. The molecule has 0 spiro atoms. The third-order valence-corrected chi connectivity index (χ3v) is 6.12. The Morgan fingerprint density at radius 3 is 2.36 bits per heavy atom. The molecule has 1 saturated heterocycles. The zero-order valence-corrected chi connectivity index (χ0v) is 19.3. The minimum atomic E-state index is -1.20. The van der Waals surface area contributed by atoms with Crippen molar-refractivity contribution >= 4 is 23.7 Å². The molecule has 5 atom stereocenters. The summed E-state index contributed by atoms with van der Waals surface area (Å²) in [5.41, 5.74) is 6.57. The van der Waals surface area contributed by atoms with Crippen LogP contribution in [0.1, 0.15) is 45.6 Å². The molecule has 1 aliphatic rings. The third-order valence-electron chi connectivity index (χ3n) is 6.12. The molecule has 33 heavy (non-hydrogen) atoms. The van der Waals surface area contributed by atoms with E-state index in [1.165, 1.54) is 17.0 Å². The fourth-order valence-electron chi connectivity index (χ4n) is 3.77. The summed E-state index contributed by atoms with van der Waals surface area (Å²) < 4.78 is 0. The average Bonchev–Trinajstić information content (AvgIpc) is 3.28. The van der Waals surface area contributed by atoms with Gasteiger partial charge in [-0.15, -0.1) is 0 Å². The van der Waals surface area contributed by atoms with Crippen molar-refractivity contribution in [3.63, 3.8) is 0 Å². The van der Waals surface area contributed by atoms with Crippen molar-refractivity contribution in [1.29, 1.82) is 0 Å². The number of phenols is 1. The fraction of sp³-hybridized carbons (Fsp3) is 0.565. The first kappa shape index (κ1) is 26.1. The Balaban J connectivity index is 2.02. The molecule has 5 unspecified atom stereocenters. The van der Waals surface area contributed by atoms with Gasteiger partial charge in [-0.25, -0.2) is 4.79 Å². The lowest BCUT2D eigenvalue weighted by Crippen LogP contribution is -2.56. The Bertz CT molecular complexity index is 859. The van der Waals surface area contributed by atoms with E-state index in [0.717, 1.165) is 6.42 Å². The second-order valence-electron chi connectivity index (χ2n) is 8.60. The van der Waals surface area contributed by atoms with E-state index in [9.17, 15) is 29.4 Å². The molecule has 1 heterocycles. The lowest BCUT2D eigenvalue weighted by molar-refractivity contribution is -0.144. The van der Waals surface area contributed by atoms with Gasteiger partial charge < -0.3 is 31.5 Å². The number of rotatable bonds is 10. The second-order valence-corrected chi connectivity index (χ2v) is 8.60. The molecule has 0 aromatic heterocycles. The quantitative estimate of drug-likeness (QED) is 0.335. The van der Waals surface area contributed by atoms with Crippen molar-refractivity contribution in [2.45, 2.75) is 70.6 Å². The molecule has 1 fully saturated rings. The number of carboxylic acids is 1. The van der Waals surface area contributed by atoms with Crippen molar-refractivity contribution in [1.82, 2.24) is 15.5 Å². The molecule has 1 aromatic carbocycles. The van der Waals surface area contributed by atoms with Gasteiger partial charge in [0.1, 0.15) is 23.9 Å². The molecule has 182 valence electrons. The van der Waals surface area contributed by atoms with Gasteiger partial charge >= 0.3 is 5.97 Å². The van der Waals surface area contributed by atoms with Gasteiger partial charge in [0.15, 0.2) is 0 Å². The first-order chi connectivity index (χ1) is 15.5. The van der Waals surface area contributed by atoms with E-state index in [2.05, 4.69) is 10.6 Å². The summed E-state index contributed by atoms with van der Waals surface area (Å²) in [7, 11) is 0. The van der Waals surface area contributed by atoms with Crippen LogP contribution in [0.4, 0.5) is 0 Å². The van der Waals surface area contributed by atoms with Gasteiger partial charge in [0.25, 0.3) is 0 Å². The van der Waals surface area contributed by atoms with Crippen LogP contribution in [0.15, 0.2) is 24.3 Å². The highest BCUT2D eigenvalue weighted by Gasteiger charge is 2.38. The largest absolute Gasteiger partial charge is 0.508 e. The molecule has 6 N–H and O–H groups in total. The molecule has 0 saturated carbocycles. The summed E-state index contributed by atoms with van der Waals surface area (Å²) in [6, 6.07) is 2.43. The van der Waals surface area contributed by atoms with Crippen molar-refractivity contribution < 1.29 is 29.4 Å². The van der Waals surface area contributed by atoms with Crippen LogP contribution in [0.3, 0.4) is 0 Å². The van der Waals surface area contributed by atoms with Crippen LogP contribution in [-0.4, -0.2) is 69.5 Å². The molecule has 10 heteroatoms. The number of carbonyl (C=O) groups is 4. The second kappa shape index (κ2) is 11.6. The number of carbonyl (C=O) groups excluding carboxylic acids is 3. The standard InChI is InChI=1S/C23H34N4O6/c1-4-13(2)19(24)21(30)25-14(3)22(31)27-11-5-6-18(27)20(29)26-17(23(32)33)12-15-7-9-16(28)10-8-15/h7-10,13-14,17-19,28H,4-6,11-12,24H2,1-3H3,(H,25,30)(H,26,29)(H,32,33). The Hall–Kier alpha value is -3.14. The Labute approximate surface area is 193 Å². The first-order valence-electron chi connectivity index (χ1n) is 11.2. The van der Waals surface area contributed by atoms with Crippen LogP contribution in [-0.2, 0) is 25.6 Å². The Kier molecular flexibility index (Phi) is 9.22. The summed E-state index contributed by atoms with van der Waals surface area (Å²) in [4.78, 5) is 51.3. The monoisotopic (exact) mass is 462 g/mol. The number of likely N-dealkylation sites (tertiary alicyclic amines) is 1. The van der Waals surface area contributed by atoms with Crippen LogP contribution in [0, 0.1) is 5.92 Å². The molecule has 0 radical (unpaired) electrons. The van der Waals surface area contributed by atoms with E-state index in [0.29, 0.717) is 24.9 Å². The van der Waals surface area contributed by atoms with Gasteiger partial charge in [-0.1, -0.05) is 32.4 Å². The lowest BCUT2D eigenvalue weighted by atomic mass is 9.99. The number of hydrogen-bond acceptors (Lipinski definition) is 6. The molecule has 2 rings (SSSR count). The summed E-state index contributed by atoms with van der Waals surface area (Å²) in [5, 5.41) is 24.1.